The highest BCUT2D eigenvalue weighted by atomic mass is 32.2. The minimum atomic E-state index is -3.33. The quantitative estimate of drug-likeness (QED) is 0.832. The molecule has 1 fully saturated rings. The van der Waals surface area contributed by atoms with Crippen LogP contribution in [0.15, 0.2) is 35.4 Å². The Bertz CT molecular complexity index is 682. The Morgan fingerprint density at radius 3 is 2.50 bits per heavy atom. The van der Waals surface area contributed by atoms with Crippen molar-refractivity contribution in [3.8, 4) is 0 Å². The van der Waals surface area contributed by atoms with E-state index in [1.165, 1.54) is 0 Å². The Morgan fingerprint density at radius 1 is 1.11 bits per heavy atom. The van der Waals surface area contributed by atoms with Crippen LogP contribution in [-0.2, 0) is 17.1 Å². The van der Waals surface area contributed by atoms with Crippen molar-refractivity contribution in [3.63, 3.8) is 0 Å². The third-order valence-corrected chi connectivity index (χ3v) is 5.47. The molecule has 0 N–H and O–H groups in total. The van der Waals surface area contributed by atoms with Gasteiger partial charge in [-0.2, -0.15) is 4.31 Å². The summed E-state index contributed by atoms with van der Waals surface area (Å²) in [6.07, 6.45) is 3.65. The Morgan fingerprint density at radius 2 is 1.78 bits per heavy atom. The highest BCUT2D eigenvalue weighted by Gasteiger charge is 2.29. The van der Waals surface area contributed by atoms with E-state index < -0.39 is 10.0 Å². The zero-order valence-corrected chi connectivity index (χ0v) is 11.2. The van der Waals surface area contributed by atoms with Crippen LogP contribution < -0.4 is 0 Å². The summed E-state index contributed by atoms with van der Waals surface area (Å²) in [5.74, 6) is 0. The van der Waals surface area contributed by atoms with Crippen LogP contribution in [0.4, 0.5) is 0 Å². The number of para-hydroxylation sites is 1. The summed E-state index contributed by atoms with van der Waals surface area (Å²) < 4.78 is 28.6. The smallest absolute Gasteiger partial charge is 0.245 e. The van der Waals surface area contributed by atoms with Crippen molar-refractivity contribution >= 4 is 20.9 Å². The first-order valence-corrected chi connectivity index (χ1v) is 7.59. The molecule has 1 aromatic heterocycles. The lowest BCUT2D eigenvalue weighted by atomic mass is 10.2. The van der Waals surface area contributed by atoms with E-state index >= 15 is 0 Å². The summed E-state index contributed by atoms with van der Waals surface area (Å²) in [6.45, 7) is 1.29. The van der Waals surface area contributed by atoms with E-state index in [-0.39, 0.29) is 0 Å². The Kier molecular flexibility index (Phi) is 2.68. The van der Waals surface area contributed by atoms with E-state index in [1.807, 2.05) is 35.9 Å². The molecule has 0 amide bonds. The fourth-order valence-electron chi connectivity index (χ4n) is 2.58. The van der Waals surface area contributed by atoms with E-state index in [9.17, 15) is 8.42 Å². The van der Waals surface area contributed by atoms with Gasteiger partial charge in [0.25, 0.3) is 0 Å². The van der Waals surface area contributed by atoms with E-state index in [0.717, 1.165) is 23.7 Å². The number of benzene rings is 1. The van der Waals surface area contributed by atoms with Gasteiger partial charge in [-0.15, -0.1) is 0 Å². The molecule has 5 heteroatoms. The molecule has 3 rings (SSSR count). The molecule has 0 bridgehead atoms. The van der Waals surface area contributed by atoms with Crippen molar-refractivity contribution in [2.75, 3.05) is 13.1 Å². The van der Waals surface area contributed by atoms with Gasteiger partial charge in [-0.1, -0.05) is 18.2 Å². The van der Waals surface area contributed by atoms with E-state index in [2.05, 4.69) is 0 Å². The summed E-state index contributed by atoms with van der Waals surface area (Å²) in [6, 6.07) is 7.62. The Labute approximate surface area is 107 Å². The average molecular weight is 264 g/mol. The van der Waals surface area contributed by atoms with Crippen LogP contribution in [0.3, 0.4) is 0 Å². The monoisotopic (exact) mass is 264 g/mol. The lowest BCUT2D eigenvalue weighted by Crippen LogP contribution is -2.27. The molecule has 2 aromatic rings. The van der Waals surface area contributed by atoms with Crippen LogP contribution in [0.1, 0.15) is 12.8 Å². The maximum absolute atomic E-state index is 12.6. The molecule has 1 aromatic carbocycles. The molecule has 0 saturated carbocycles. The Balaban J connectivity index is 2.20. The summed E-state index contributed by atoms with van der Waals surface area (Å²) in [5, 5.41) is 0.812. The van der Waals surface area contributed by atoms with Crippen molar-refractivity contribution in [2.24, 2.45) is 7.05 Å². The second-order valence-electron chi connectivity index (χ2n) is 4.73. The van der Waals surface area contributed by atoms with Gasteiger partial charge in [-0.3, -0.25) is 0 Å². The number of nitrogens with zero attached hydrogens (tertiary/aromatic N) is 2. The second-order valence-corrected chi connectivity index (χ2v) is 6.64. The van der Waals surface area contributed by atoms with Gasteiger partial charge in [0.1, 0.15) is 4.90 Å². The highest BCUT2D eigenvalue weighted by molar-refractivity contribution is 7.89. The number of fused-ring (bicyclic) bond motifs is 1. The van der Waals surface area contributed by atoms with Crippen LogP contribution in [-0.4, -0.2) is 30.4 Å². The molecule has 1 aliphatic rings. The molecule has 1 saturated heterocycles. The summed E-state index contributed by atoms with van der Waals surface area (Å²) in [4.78, 5) is 0.433. The lowest BCUT2D eigenvalue weighted by Gasteiger charge is -2.14. The van der Waals surface area contributed by atoms with Crippen LogP contribution in [0.5, 0.6) is 0 Å². The van der Waals surface area contributed by atoms with E-state index in [1.54, 1.807) is 10.5 Å². The van der Waals surface area contributed by atoms with Crippen molar-refractivity contribution < 1.29 is 8.42 Å². The standard InChI is InChI=1S/C13H16N2O2S/c1-14-10-13(11-6-2-3-7-12(11)14)18(16,17)15-8-4-5-9-15/h2-3,6-7,10H,4-5,8-9H2,1H3. The molecule has 18 heavy (non-hydrogen) atoms. The summed E-state index contributed by atoms with van der Waals surface area (Å²) in [7, 11) is -1.45. The predicted octanol–water partition coefficient (Wildman–Crippen LogP) is 1.96. The molecule has 4 nitrogen and oxygen atoms in total. The van der Waals surface area contributed by atoms with E-state index in [4.69, 9.17) is 0 Å². The summed E-state index contributed by atoms with van der Waals surface area (Å²) >= 11 is 0. The predicted molar refractivity (Wildman–Crippen MR) is 70.9 cm³/mol. The zero-order valence-electron chi connectivity index (χ0n) is 10.3. The number of aryl methyl sites for hydroxylation is 1. The Hall–Kier alpha value is -1.33. The molecular formula is C13H16N2O2S. The first-order valence-electron chi connectivity index (χ1n) is 6.15. The highest BCUT2D eigenvalue weighted by Crippen LogP contribution is 2.28. The second kappa shape index (κ2) is 4.10. The van der Waals surface area contributed by atoms with Gasteiger partial charge in [0.2, 0.25) is 10.0 Å². The minimum absolute atomic E-state index is 0.433. The molecule has 0 spiro atoms. The molecule has 0 aliphatic carbocycles. The number of hydrogen-bond acceptors (Lipinski definition) is 2. The largest absolute Gasteiger partial charge is 0.349 e. The molecular weight excluding hydrogens is 248 g/mol. The minimum Gasteiger partial charge on any atom is -0.349 e. The number of aromatic nitrogens is 1. The van der Waals surface area contributed by atoms with Crippen molar-refractivity contribution in [1.82, 2.24) is 8.87 Å². The molecule has 2 heterocycles. The third-order valence-electron chi connectivity index (χ3n) is 3.54. The van der Waals surface area contributed by atoms with Crippen LogP contribution in [0, 0.1) is 0 Å². The molecule has 0 atom stereocenters. The zero-order chi connectivity index (χ0) is 12.8. The molecule has 1 aliphatic heterocycles. The molecule has 0 radical (unpaired) electrons. The maximum atomic E-state index is 12.6. The van der Waals surface area contributed by atoms with Gasteiger partial charge >= 0.3 is 0 Å². The normalized spacial score (nSPS) is 17.6. The number of hydrogen-bond donors (Lipinski definition) is 0. The SMILES string of the molecule is Cn1cc(S(=O)(=O)N2CCCC2)c2ccccc21. The number of rotatable bonds is 2. The topological polar surface area (TPSA) is 42.3 Å². The number of sulfonamides is 1. The van der Waals surface area contributed by atoms with Gasteiger partial charge < -0.3 is 4.57 Å². The van der Waals surface area contributed by atoms with Crippen molar-refractivity contribution in [1.29, 1.82) is 0 Å². The van der Waals surface area contributed by atoms with Crippen molar-refractivity contribution in [3.05, 3.63) is 30.5 Å². The first kappa shape index (κ1) is 11.7. The van der Waals surface area contributed by atoms with Crippen LogP contribution in [0.25, 0.3) is 10.9 Å². The van der Waals surface area contributed by atoms with Gasteiger partial charge in [0.05, 0.1) is 0 Å². The van der Waals surface area contributed by atoms with Crippen LogP contribution >= 0.6 is 0 Å². The van der Waals surface area contributed by atoms with Crippen LogP contribution in [0.2, 0.25) is 0 Å². The summed E-state index contributed by atoms with van der Waals surface area (Å²) in [5.41, 5.74) is 0.954. The fraction of sp³-hybridized carbons (Fsp3) is 0.385. The van der Waals surface area contributed by atoms with Gasteiger partial charge in [0.15, 0.2) is 0 Å². The third kappa shape index (κ3) is 1.66. The lowest BCUT2D eigenvalue weighted by molar-refractivity contribution is 0.478. The van der Waals surface area contributed by atoms with Crippen molar-refractivity contribution in [2.45, 2.75) is 17.7 Å². The first-order chi connectivity index (χ1) is 8.60. The maximum Gasteiger partial charge on any atom is 0.245 e. The average Bonchev–Trinajstić information content (AvgIpc) is 2.98. The van der Waals surface area contributed by atoms with Gasteiger partial charge in [0, 0.05) is 37.2 Å². The fourth-order valence-corrected chi connectivity index (χ4v) is 4.34. The molecule has 0 unspecified atom stereocenters. The van der Waals surface area contributed by atoms with Gasteiger partial charge in [-0.25, -0.2) is 8.42 Å². The molecule has 96 valence electrons. The van der Waals surface area contributed by atoms with E-state index in [0.29, 0.717) is 18.0 Å². The van der Waals surface area contributed by atoms with Gasteiger partial charge in [-0.05, 0) is 18.9 Å².